The molecule has 34 heavy (non-hydrogen) atoms. The van der Waals surface area contributed by atoms with E-state index in [4.69, 9.17) is 4.74 Å². The maximum absolute atomic E-state index is 13.3. The predicted octanol–water partition coefficient (Wildman–Crippen LogP) is 3.75. The van der Waals surface area contributed by atoms with Crippen LogP contribution in [0.25, 0.3) is 0 Å². The summed E-state index contributed by atoms with van der Waals surface area (Å²) in [6.07, 6.45) is -1.72. The highest BCUT2D eigenvalue weighted by atomic mass is 32.2. The number of sulfonamides is 1. The van der Waals surface area contributed by atoms with Crippen molar-refractivity contribution in [3.63, 3.8) is 0 Å². The van der Waals surface area contributed by atoms with Gasteiger partial charge in [-0.3, -0.25) is 0 Å². The van der Waals surface area contributed by atoms with Gasteiger partial charge in [0, 0.05) is 13.1 Å². The molecule has 0 spiro atoms. The molecule has 7 nitrogen and oxygen atoms in total. The first-order valence-electron chi connectivity index (χ1n) is 11.0. The van der Waals surface area contributed by atoms with Crippen LogP contribution in [0.4, 0.5) is 9.18 Å². The lowest BCUT2D eigenvalue weighted by molar-refractivity contribution is 0.0915. The zero-order chi connectivity index (χ0) is 25.3. The summed E-state index contributed by atoms with van der Waals surface area (Å²) in [7, 11) is -4.01. The molecule has 0 heterocycles. The van der Waals surface area contributed by atoms with Gasteiger partial charge in [-0.15, -0.1) is 0 Å². The van der Waals surface area contributed by atoms with E-state index in [1.165, 1.54) is 12.1 Å². The molecule has 0 saturated carbocycles. The fourth-order valence-electron chi connectivity index (χ4n) is 3.30. The zero-order valence-corrected chi connectivity index (χ0v) is 20.6. The van der Waals surface area contributed by atoms with Crippen molar-refractivity contribution >= 4 is 16.1 Å². The van der Waals surface area contributed by atoms with Gasteiger partial charge < -0.3 is 15.2 Å². The second kappa shape index (κ2) is 12.6. The van der Waals surface area contributed by atoms with E-state index >= 15 is 0 Å². The Bertz CT molecular complexity index is 1040. The van der Waals surface area contributed by atoms with E-state index in [0.29, 0.717) is 5.57 Å². The molecule has 0 aliphatic carbocycles. The van der Waals surface area contributed by atoms with Gasteiger partial charge in [0.2, 0.25) is 10.0 Å². The quantitative estimate of drug-likeness (QED) is 0.440. The monoisotopic (exact) mass is 492 g/mol. The Balaban J connectivity index is 2.27. The van der Waals surface area contributed by atoms with Gasteiger partial charge in [-0.1, -0.05) is 50.8 Å². The molecule has 1 amide bonds. The number of hydrogen-bond donors (Lipinski definition) is 2. The van der Waals surface area contributed by atoms with Crippen LogP contribution in [0.2, 0.25) is 0 Å². The number of aliphatic hydroxyl groups is 1. The van der Waals surface area contributed by atoms with E-state index in [-0.39, 0.29) is 36.9 Å². The average Bonchev–Trinajstić information content (AvgIpc) is 2.77. The first-order valence-corrected chi connectivity index (χ1v) is 12.5. The Morgan fingerprint density at radius 2 is 1.74 bits per heavy atom. The van der Waals surface area contributed by atoms with Crippen LogP contribution in [0.15, 0.2) is 71.6 Å². The van der Waals surface area contributed by atoms with E-state index < -0.39 is 34.1 Å². The van der Waals surface area contributed by atoms with Crippen LogP contribution in [0.1, 0.15) is 26.3 Å². The fourth-order valence-corrected chi connectivity index (χ4v) is 4.92. The van der Waals surface area contributed by atoms with Gasteiger partial charge in [-0.05, 0) is 54.7 Å². The third kappa shape index (κ3) is 8.55. The summed E-state index contributed by atoms with van der Waals surface area (Å²) in [5, 5.41) is 13.7. The molecule has 0 saturated heterocycles. The number of nitrogens with zero attached hydrogens (tertiary/aromatic N) is 1. The summed E-state index contributed by atoms with van der Waals surface area (Å²) < 4.78 is 46.1. The lowest BCUT2D eigenvalue weighted by Crippen LogP contribution is -2.51. The maximum atomic E-state index is 13.3. The molecule has 0 aromatic heterocycles. The molecule has 0 bridgehead atoms. The molecular weight excluding hydrogens is 459 g/mol. The van der Waals surface area contributed by atoms with E-state index in [9.17, 15) is 22.7 Å². The molecule has 2 N–H and O–H groups in total. The summed E-state index contributed by atoms with van der Waals surface area (Å²) in [4.78, 5) is 12.2. The maximum Gasteiger partial charge on any atom is 0.407 e. The van der Waals surface area contributed by atoms with Crippen LogP contribution < -0.4 is 5.32 Å². The number of benzene rings is 2. The summed E-state index contributed by atoms with van der Waals surface area (Å²) in [6.45, 7) is 9.01. The standard InChI is InChI=1S/C25H33FN2O5S/c1-18(2)15-28(34(31,32)22-12-10-21(26)11-13-22)16-24(29)23(14-20-8-6-5-7-9-20)27-25(30)33-17-19(3)4/h5-13,18,23-24,29H,3,14-17H2,1-2,4H3,(H,27,30)/t23-,24+/m0/s1. The second-order valence-corrected chi connectivity index (χ2v) is 10.6. The van der Waals surface area contributed by atoms with Crippen molar-refractivity contribution in [2.45, 2.75) is 44.2 Å². The van der Waals surface area contributed by atoms with Crippen LogP contribution in [0, 0.1) is 11.7 Å². The smallest absolute Gasteiger partial charge is 0.407 e. The Hall–Kier alpha value is -2.75. The Kier molecular flexibility index (Phi) is 10.2. The molecule has 0 unspecified atom stereocenters. The van der Waals surface area contributed by atoms with Crippen LogP contribution in [-0.4, -0.2) is 55.8 Å². The van der Waals surface area contributed by atoms with E-state index in [0.717, 1.165) is 22.0 Å². The molecule has 2 aromatic carbocycles. The number of nitrogens with one attached hydrogen (secondary N) is 1. The van der Waals surface area contributed by atoms with Crippen LogP contribution in [0.5, 0.6) is 0 Å². The van der Waals surface area contributed by atoms with Crippen LogP contribution in [-0.2, 0) is 21.2 Å². The summed E-state index contributed by atoms with van der Waals surface area (Å²) in [6, 6.07) is 12.9. The molecule has 2 aromatic rings. The van der Waals surface area contributed by atoms with Crippen LogP contribution >= 0.6 is 0 Å². The first-order chi connectivity index (χ1) is 16.0. The largest absolute Gasteiger partial charge is 0.445 e. The Labute approximate surface area is 201 Å². The zero-order valence-electron chi connectivity index (χ0n) is 19.8. The van der Waals surface area contributed by atoms with Crippen molar-refractivity contribution in [2.24, 2.45) is 5.92 Å². The Morgan fingerprint density at radius 3 is 2.29 bits per heavy atom. The lowest BCUT2D eigenvalue weighted by atomic mass is 10.0. The molecule has 0 aliphatic rings. The van der Waals surface area contributed by atoms with E-state index in [1.54, 1.807) is 6.92 Å². The van der Waals surface area contributed by atoms with Crippen molar-refractivity contribution in [1.29, 1.82) is 0 Å². The van der Waals surface area contributed by atoms with E-state index in [1.807, 2.05) is 44.2 Å². The van der Waals surface area contributed by atoms with Crippen molar-refractivity contribution in [2.75, 3.05) is 19.7 Å². The number of rotatable bonds is 12. The van der Waals surface area contributed by atoms with E-state index in [2.05, 4.69) is 11.9 Å². The minimum Gasteiger partial charge on any atom is -0.445 e. The van der Waals surface area contributed by atoms with Crippen LogP contribution in [0.3, 0.4) is 0 Å². The minimum atomic E-state index is -4.01. The number of alkyl carbamates (subject to hydrolysis) is 1. The highest BCUT2D eigenvalue weighted by Crippen LogP contribution is 2.19. The number of aliphatic hydroxyl groups excluding tert-OH is 1. The number of halogens is 1. The third-order valence-electron chi connectivity index (χ3n) is 4.93. The number of amides is 1. The molecule has 0 fully saturated rings. The SMILES string of the molecule is C=C(C)COC(=O)N[C@@H](Cc1ccccc1)[C@H](O)CN(CC(C)C)S(=O)(=O)c1ccc(F)cc1. The van der Waals surface area contributed by atoms with Gasteiger partial charge in [0.05, 0.1) is 17.0 Å². The first kappa shape index (κ1) is 27.5. The highest BCUT2D eigenvalue weighted by molar-refractivity contribution is 7.89. The molecular formula is C25H33FN2O5S. The summed E-state index contributed by atoms with van der Waals surface area (Å²) in [5.41, 5.74) is 1.51. The average molecular weight is 493 g/mol. The molecule has 186 valence electrons. The molecule has 9 heteroatoms. The Morgan fingerprint density at radius 1 is 1.12 bits per heavy atom. The number of carbonyl (C=O) groups is 1. The number of hydrogen-bond acceptors (Lipinski definition) is 5. The highest BCUT2D eigenvalue weighted by Gasteiger charge is 2.31. The van der Waals surface area contributed by atoms with Gasteiger partial charge >= 0.3 is 6.09 Å². The lowest BCUT2D eigenvalue weighted by Gasteiger charge is -2.30. The molecule has 0 radical (unpaired) electrons. The molecule has 2 rings (SSSR count). The number of carbonyl (C=O) groups excluding carboxylic acids is 1. The summed E-state index contributed by atoms with van der Waals surface area (Å²) >= 11 is 0. The van der Waals surface area contributed by atoms with Crippen molar-refractivity contribution < 1.29 is 27.4 Å². The molecule has 2 atom stereocenters. The predicted molar refractivity (Wildman–Crippen MR) is 129 cm³/mol. The van der Waals surface area contributed by atoms with Gasteiger partial charge in [0.1, 0.15) is 12.4 Å². The van der Waals surface area contributed by atoms with Gasteiger partial charge in [0.25, 0.3) is 0 Å². The van der Waals surface area contributed by atoms with Gasteiger partial charge in [0.15, 0.2) is 0 Å². The third-order valence-corrected chi connectivity index (χ3v) is 6.77. The number of ether oxygens (including phenoxy) is 1. The molecule has 0 aliphatic heterocycles. The minimum absolute atomic E-state index is 0.0262. The van der Waals surface area contributed by atoms with Gasteiger partial charge in [-0.25, -0.2) is 17.6 Å². The van der Waals surface area contributed by atoms with Crippen molar-refractivity contribution in [3.05, 3.63) is 78.1 Å². The van der Waals surface area contributed by atoms with Crippen molar-refractivity contribution in [1.82, 2.24) is 9.62 Å². The second-order valence-electron chi connectivity index (χ2n) is 8.71. The van der Waals surface area contributed by atoms with Gasteiger partial charge in [-0.2, -0.15) is 4.31 Å². The normalized spacial score (nSPS) is 13.5. The summed E-state index contributed by atoms with van der Waals surface area (Å²) in [5.74, 6) is -0.585. The topological polar surface area (TPSA) is 95.9 Å². The van der Waals surface area contributed by atoms with Crippen molar-refractivity contribution in [3.8, 4) is 0 Å². The fraction of sp³-hybridized carbons (Fsp3) is 0.400.